The Morgan fingerprint density at radius 1 is 1.25 bits per heavy atom. The number of hydrogen-bond acceptors (Lipinski definition) is 4. The zero-order valence-electron chi connectivity index (χ0n) is 17.0. The molecule has 0 bridgehead atoms. The highest BCUT2D eigenvalue weighted by molar-refractivity contribution is 5.74. The molecule has 6 heteroatoms. The zero-order chi connectivity index (χ0) is 19.9. The molecule has 0 spiro atoms. The van der Waals surface area contributed by atoms with E-state index in [4.69, 9.17) is 4.74 Å². The summed E-state index contributed by atoms with van der Waals surface area (Å²) in [6, 6.07) is 11.6. The van der Waals surface area contributed by atoms with Crippen molar-refractivity contribution in [1.29, 1.82) is 0 Å². The second kappa shape index (κ2) is 9.44. The van der Waals surface area contributed by atoms with Crippen molar-refractivity contribution in [3.8, 4) is 5.75 Å². The molecule has 1 aromatic heterocycles. The highest BCUT2D eigenvalue weighted by Crippen LogP contribution is 2.28. The molecule has 1 N–H and O–H groups in total. The van der Waals surface area contributed by atoms with E-state index in [1.165, 1.54) is 19.3 Å². The lowest BCUT2D eigenvalue weighted by atomic mass is 10.1. The molecular formula is C22H30N4O2. The third-order valence-electron chi connectivity index (χ3n) is 5.42. The summed E-state index contributed by atoms with van der Waals surface area (Å²) in [5.74, 6) is 1.79. The number of aromatic nitrogens is 1. The number of para-hydroxylation sites is 1. The van der Waals surface area contributed by atoms with Crippen LogP contribution >= 0.6 is 0 Å². The first-order chi connectivity index (χ1) is 13.6. The number of amides is 2. The van der Waals surface area contributed by atoms with Gasteiger partial charge >= 0.3 is 6.03 Å². The smallest absolute Gasteiger partial charge is 0.317 e. The number of pyridine rings is 1. The molecule has 1 saturated heterocycles. The maximum absolute atomic E-state index is 12.7. The van der Waals surface area contributed by atoms with Gasteiger partial charge in [-0.2, -0.15) is 0 Å². The Balaban J connectivity index is 1.60. The van der Waals surface area contributed by atoms with Crippen LogP contribution in [0.25, 0.3) is 0 Å². The molecular weight excluding hydrogens is 352 g/mol. The first kappa shape index (κ1) is 20.0. The average molecular weight is 383 g/mol. The molecule has 1 aromatic carbocycles. The SMILES string of the molecule is COc1ccccc1C(C)N(C)C(=O)NCc1ccnc(N2CCCCC2)c1. The van der Waals surface area contributed by atoms with Crippen LogP contribution in [0.1, 0.15) is 43.4 Å². The van der Waals surface area contributed by atoms with Gasteiger partial charge in [0.1, 0.15) is 11.6 Å². The van der Waals surface area contributed by atoms with Crippen LogP contribution < -0.4 is 15.0 Å². The van der Waals surface area contributed by atoms with Crippen molar-refractivity contribution < 1.29 is 9.53 Å². The first-order valence-electron chi connectivity index (χ1n) is 9.93. The normalized spacial score (nSPS) is 15.0. The van der Waals surface area contributed by atoms with E-state index in [1.54, 1.807) is 19.1 Å². The molecule has 6 nitrogen and oxygen atoms in total. The molecule has 2 heterocycles. The Bertz CT molecular complexity index is 790. The van der Waals surface area contributed by atoms with Crippen molar-refractivity contribution in [3.63, 3.8) is 0 Å². The number of benzene rings is 1. The molecule has 1 aliphatic rings. The van der Waals surface area contributed by atoms with Gasteiger partial charge in [0.25, 0.3) is 0 Å². The lowest BCUT2D eigenvalue weighted by molar-refractivity contribution is 0.193. The van der Waals surface area contributed by atoms with Crippen molar-refractivity contribution in [1.82, 2.24) is 15.2 Å². The summed E-state index contributed by atoms with van der Waals surface area (Å²) in [7, 11) is 3.45. The first-order valence-corrected chi connectivity index (χ1v) is 9.93. The van der Waals surface area contributed by atoms with Crippen LogP contribution in [0.2, 0.25) is 0 Å². The molecule has 0 aliphatic carbocycles. The Hall–Kier alpha value is -2.76. The molecule has 150 valence electrons. The van der Waals surface area contributed by atoms with Crippen LogP contribution in [0.5, 0.6) is 5.75 Å². The van der Waals surface area contributed by atoms with Gasteiger partial charge in [-0.15, -0.1) is 0 Å². The number of methoxy groups -OCH3 is 1. The van der Waals surface area contributed by atoms with Gasteiger partial charge in [0, 0.05) is 38.4 Å². The maximum atomic E-state index is 12.7. The number of ether oxygens (including phenoxy) is 1. The number of carbonyl (C=O) groups excluding carboxylic acids is 1. The fourth-order valence-electron chi connectivity index (χ4n) is 3.56. The van der Waals surface area contributed by atoms with Crippen LogP contribution in [-0.4, -0.2) is 43.2 Å². The number of piperidine rings is 1. The number of nitrogens with zero attached hydrogens (tertiary/aromatic N) is 3. The largest absolute Gasteiger partial charge is 0.496 e. The van der Waals surface area contributed by atoms with E-state index < -0.39 is 0 Å². The van der Waals surface area contributed by atoms with Gasteiger partial charge in [-0.1, -0.05) is 18.2 Å². The van der Waals surface area contributed by atoms with Crippen molar-refractivity contribution in [3.05, 3.63) is 53.7 Å². The molecule has 28 heavy (non-hydrogen) atoms. The predicted molar refractivity (Wildman–Crippen MR) is 112 cm³/mol. The number of rotatable bonds is 6. The summed E-state index contributed by atoms with van der Waals surface area (Å²) < 4.78 is 5.43. The molecule has 2 aromatic rings. The van der Waals surface area contributed by atoms with E-state index in [2.05, 4.69) is 21.3 Å². The van der Waals surface area contributed by atoms with E-state index in [0.29, 0.717) is 6.54 Å². The molecule has 1 atom stereocenters. The topological polar surface area (TPSA) is 57.7 Å². The fraction of sp³-hybridized carbons (Fsp3) is 0.455. The summed E-state index contributed by atoms with van der Waals surface area (Å²) in [5.41, 5.74) is 2.04. The molecule has 3 rings (SSSR count). The summed E-state index contributed by atoms with van der Waals surface area (Å²) in [6.45, 7) is 4.59. The Morgan fingerprint density at radius 3 is 2.75 bits per heavy atom. The number of nitrogens with one attached hydrogen (secondary N) is 1. The van der Waals surface area contributed by atoms with E-state index in [1.807, 2.05) is 43.5 Å². The minimum Gasteiger partial charge on any atom is -0.496 e. The molecule has 1 unspecified atom stereocenters. The number of urea groups is 1. The van der Waals surface area contributed by atoms with Crippen molar-refractivity contribution in [2.75, 3.05) is 32.1 Å². The third kappa shape index (κ3) is 4.74. The molecule has 2 amide bonds. The second-order valence-electron chi connectivity index (χ2n) is 7.26. The minimum atomic E-state index is -0.116. The fourth-order valence-corrected chi connectivity index (χ4v) is 3.56. The average Bonchev–Trinajstić information content (AvgIpc) is 2.77. The Kier molecular flexibility index (Phi) is 6.74. The summed E-state index contributed by atoms with van der Waals surface area (Å²) in [5, 5.41) is 3.02. The summed E-state index contributed by atoms with van der Waals surface area (Å²) in [6.07, 6.45) is 5.55. The molecule has 0 radical (unpaired) electrons. The minimum absolute atomic E-state index is 0.0995. The molecule has 1 fully saturated rings. The van der Waals surface area contributed by atoms with Crippen LogP contribution in [0.4, 0.5) is 10.6 Å². The number of anilines is 1. The van der Waals surface area contributed by atoms with E-state index >= 15 is 0 Å². The highest BCUT2D eigenvalue weighted by Gasteiger charge is 2.20. The standard InChI is InChI=1S/C22H30N4O2/c1-17(19-9-5-6-10-20(19)28-3)25(2)22(27)24-16-18-11-12-23-21(15-18)26-13-7-4-8-14-26/h5-6,9-12,15,17H,4,7-8,13-14,16H2,1-3H3,(H,24,27). The van der Waals surface area contributed by atoms with Gasteiger partial charge in [0.05, 0.1) is 13.2 Å². The monoisotopic (exact) mass is 382 g/mol. The van der Waals surface area contributed by atoms with Gasteiger partial charge in [0.15, 0.2) is 0 Å². The maximum Gasteiger partial charge on any atom is 0.317 e. The highest BCUT2D eigenvalue weighted by atomic mass is 16.5. The summed E-state index contributed by atoms with van der Waals surface area (Å²) in [4.78, 5) is 21.2. The number of carbonyl (C=O) groups is 1. The Morgan fingerprint density at radius 2 is 2.00 bits per heavy atom. The molecule has 0 saturated carbocycles. The van der Waals surface area contributed by atoms with Gasteiger partial charge < -0.3 is 19.9 Å². The van der Waals surface area contributed by atoms with Crippen LogP contribution in [0, 0.1) is 0 Å². The van der Waals surface area contributed by atoms with E-state index in [-0.39, 0.29) is 12.1 Å². The van der Waals surface area contributed by atoms with Crippen LogP contribution in [-0.2, 0) is 6.54 Å². The zero-order valence-corrected chi connectivity index (χ0v) is 17.0. The van der Waals surface area contributed by atoms with E-state index in [0.717, 1.165) is 35.8 Å². The van der Waals surface area contributed by atoms with Crippen molar-refractivity contribution in [2.45, 2.75) is 38.8 Å². The molecule has 1 aliphatic heterocycles. The van der Waals surface area contributed by atoms with Crippen LogP contribution in [0.3, 0.4) is 0 Å². The van der Waals surface area contributed by atoms with Crippen LogP contribution in [0.15, 0.2) is 42.6 Å². The second-order valence-corrected chi connectivity index (χ2v) is 7.26. The number of hydrogen-bond donors (Lipinski definition) is 1. The van der Waals surface area contributed by atoms with Gasteiger partial charge in [0.2, 0.25) is 0 Å². The van der Waals surface area contributed by atoms with Gasteiger partial charge in [-0.05, 0) is 49.9 Å². The van der Waals surface area contributed by atoms with Crippen molar-refractivity contribution in [2.24, 2.45) is 0 Å². The van der Waals surface area contributed by atoms with Gasteiger partial charge in [-0.3, -0.25) is 0 Å². The van der Waals surface area contributed by atoms with Crippen molar-refractivity contribution >= 4 is 11.8 Å². The predicted octanol–water partition coefficient (Wildman–Crippen LogP) is 3.98. The van der Waals surface area contributed by atoms with E-state index in [9.17, 15) is 4.79 Å². The summed E-state index contributed by atoms with van der Waals surface area (Å²) >= 11 is 0. The quantitative estimate of drug-likeness (QED) is 0.821. The lowest BCUT2D eigenvalue weighted by Gasteiger charge is -2.28. The lowest BCUT2D eigenvalue weighted by Crippen LogP contribution is -2.38. The third-order valence-corrected chi connectivity index (χ3v) is 5.42. The van der Waals surface area contributed by atoms with Gasteiger partial charge in [-0.25, -0.2) is 9.78 Å². The Labute approximate surface area is 167 Å².